The monoisotopic (exact) mass is 385 g/mol. The topological polar surface area (TPSA) is 84.2 Å². The molecule has 0 bridgehead atoms. The van der Waals surface area contributed by atoms with Crippen molar-refractivity contribution >= 4 is 12.1 Å². The number of hydrogen-bond donors (Lipinski definition) is 2. The summed E-state index contributed by atoms with van der Waals surface area (Å²) < 4.78 is 3.30. The average Bonchev–Trinajstić information content (AvgIpc) is 3.38. The maximum atomic E-state index is 12.7. The van der Waals surface area contributed by atoms with Crippen LogP contribution in [0, 0.1) is 6.92 Å². The first-order chi connectivity index (χ1) is 14.1. The summed E-state index contributed by atoms with van der Waals surface area (Å²) in [5.74, 6) is -0.359. The molecule has 0 atom stereocenters. The second kappa shape index (κ2) is 7.85. The second-order valence-corrected chi connectivity index (χ2v) is 6.43. The highest BCUT2D eigenvalue weighted by atomic mass is 16.2. The van der Waals surface area contributed by atoms with E-state index in [2.05, 4.69) is 15.6 Å². The van der Waals surface area contributed by atoms with E-state index in [1.54, 1.807) is 19.1 Å². The van der Waals surface area contributed by atoms with Gasteiger partial charge in [0.1, 0.15) is 0 Å². The van der Waals surface area contributed by atoms with Crippen LogP contribution in [0.25, 0.3) is 11.4 Å². The van der Waals surface area contributed by atoms with Crippen molar-refractivity contribution in [3.8, 4) is 11.4 Å². The molecule has 29 heavy (non-hydrogen) atoms. The predicted octanol–water partition coefficient (Wildman–Crippen LogP) is 3.03. The number of para-hydroxylation sites is 2. The molecule has 7 nitrogen and oxygen atoms in total. The number of amides is 1. The highest BCUT2D eigenvalue weighted by molar-refractivity contribution is 5.98. The fourth-order valence-electron chi connectivity index (χ4n) is 3.07. The highest BCUT2D eigenvalue weighted by Gasteiger charge is 2.13. The number of H-pyrrole nitrogens is 1. The Balaban J connectivity index is 1.56. The lowest BCUT2D eigenvalue weighted by Gasteiger charge is -2.08. The number of nitrogens with zero attached hydrogens (tertiary/aromatic N) is 3. The lowest BCUT2D eigenvalue weighted by molar-refractivity contribution is 0.0955. The van der Waals surface area contributed by atoms with Gasteiger partial charge in [0.2, 0.25) is 0 Å². The molecule has 0 spiro atoms. The highest BCUT2D eigenvalue weighted by Crippen LogP contribution is 2.14. The van der Waals surface area contributed by atoms with Crippen molar-refractivity contribution in [3.05, 3.63) is 106 Å². The van der Waals surface area contributed by atoms with E-state index in [0.29, 0.717) is 16.8 Å². The molecule has 0 aliphatic heterocycles. The third kappa shape index (κ3) is 3.66. The molecule has 0 saturated carbocycles. The van der Waals surface area contributed by atoms with Crippen molar-refractivity contribution in [2.45, 2.75) is 6.92 Å². The number of hydrazone groups is 1. The maximum absolute atomic E-state index is 12.7. The van der Waals surface area contributed by atoms with Crippen LogP contribution in [0.3, 0.4) is 0 Å². The van der Waals surface area contributed by atoms with Gasteiger partial charge in [-0.15, -0.1) is 0 Å². The number of carbonyl (C=O) groups is 1. The van der Waals surface area contributed by atoms with Gasteiger partial charge in [0, 0.05) is 18.1 Å². The Bertz CT molecular complexity index is 1220. The molecular weight excluding hydrogens is 366 g/mol. The largest absolute Gasteiger partial charge is 0.323 e. The van der Waals surface area contributed by atoms with E-state index >= 15 is 0 Å². The summed E-state index contributed by atoms with van der Waals surface area (Å²) >= 11 is 0. The van der Waals surface area contributed by atoms with Gasteiger partial charge in [-0.2, -0.15) is 5.10 Å². The van der Waals surface area contributed by atoms with Gasteiger partial charge < -0.3 is 4.57 Å². The summed E-state index contributed by atoms with van der Waals surface area (Å²) in [5, 5.41) is 7.03. The van der Waals surface area contributed by atoms with Crippen molar-refractivity contribution in [2.75, 3.05) is 0 Å². The fourth-order valence-corrected chi connectivity index (χ4v) is 3.07. The molecule has 2 aromatic carbocycles. The molecule has 4 rings (SSSR count). The lowest BCUT2D eigenvalue weighted by Crippen LogP contribution is -2.21. The van der Waals surface area contributed by atoms with Crippen molar-refractivity contribution < 1.29 is 4.79 Å². The zero-order chi connectivity index (χ0) is 20.2. The van der Waals surface area contributed by atoms with Crippen LogP contribution < -0.4 is 11.0 Å². The van der Waals surface area contributed by atoms with E-state index in [4.69, 9.17) is 0 Å². The first kappa shape index (κ1) is 18.2. The summed E-state index contributed by atoms with van der Waals surface area (Å²) in [7, 11) is 0. The third-order valence-electron chi connectivity index (χ3n) is 4.52. The Morgan fingerprint density at radius 3 is 2.45 bits per heavy atom. The van der Waals surface area contributed by atoms with Crippen LogP contribution in [0.15, 0.2) is 89.0 Å². The summed E-state index contributed by atoms with van der Waals surface area (Å²) in [6.07, 6.45) is 5.10. The van der Waals surface area contributed by atoms with Crippen molar-refractivity contribution in [2.24, 2.45) is 5.10 Å². The molecule has 2 heterocycles. The molecule has 4 aromatic rings. The van der Waals surface area contributed by atoms with Gasteiger partial charge in [0.25, 0.3) is 11.5 Å². The summed E-state index contributed by atoms with van der Waals surface area (Å²) in [6, 6.07) is 20.3. The number of aromatic nitrogens is 3. The average molecular weight is 385 g/mol. The standard InChI is InChI=1S/C22H19N5O2/c1-16-19(22(29)27(25-16)17-9-3-2-4-10-17)15-23-24-21(28)18-11-5-6-12-20(18)26-13-7-8-14-26/h2-15,25H,1H3,(H,24,28). The summed E-state index contributed by atoms with van der Waals surface area (Å²) in [6.45, 7) is 1.78. The molecule has 2 aromatic heterocycles. The van der Waals surface area contributed by atoms with Gasteiger partial charge in [-0.25, -0.2) is 10.1 Å². The Morgan fingerprint density at radius 1 is 1.00 bits per heavy atom. The SMILES string of the molecule is Cc1[nH]n(-c2ccccc2)c(=O)c1C=NNC(=O)c1ccccc1-n1cccc1. The Hall–Kier alpha value is -4.13. The van der Waals surface area contributed by atoms with Crippen LogP contribution in [-0.4, -0.2) is 26.5 Å². The van der Waals surface area contributed by atoms with Gasteiger partial charge in [0.05, 0.1) is 28.7 Å². The third-order valence-corrected chi connectivity index (χ3v) is 4.52. The molecular formula is C22H19N5O2. The van der Waals surface area contributed by atoms with Gasteiger partial charge >= 0.3 is 0 Å². The van der Waals surface area contributed by atoms with Crippen LogP contribution in [0.4, 0.5) is 0 Å². The minimum Gasteiger partial charge on any atom is -0.323 e. The zero-order valence-electron chi connectivity index (χ0n) is 15.7. The molecule has 0 fully saturated rings. The fraction of sp³-hybridized carbons (Fsp3) is 0.0455. The minimum atomic E-state index is -0.359. The molecule has 0 saturated heterocycles. The molecule has 2 N–H and O–H groups in total. The Kier molecular flexibility index (Phi) is 4.94. The number of aromatic amines is 1. The zero-order valence-corrected chi connectivity index (χ0v) is 15.7. The van der Waals surface area contributed by atoms with Gasteiger partial charge in [-0.05, 0) is 43.3 Å². The number of carbonyl (C=O) groups excluding carboxylic acids is 1. The first-order valence-electron chi connectivity index (χ1n) is 9.08. The van der Waals surface area contributed by atoms with E-state index in [0.717, 1.165) is 11.4 Å². The van der Waals surface area contributed by atoms with Crippen molar-refractivity contribution in [3.63, 3.8) is 0 Å². The summed E-state index contributed by atoms with van der Waals surface area (Å²) in [4.78, 5) is 25.3. The van der Waals surface area contributed by atoms with Crippen LogP contribution in [0.1, 0.15) is 21.6 Å². The van der Waals surface area contributed by atoms with E-state index in [-0.39, 0.29) is 11.5 Å². The van der Waals surface area contributed by atoms with E-state index < -0.39 is 0 Å². The van der Waals surface area contributed by atoms with Crippen LogP contribution in [0.2, 0.25) is 0 Å². The number of aryl methyl sites for hydroxylation is 1. The molecule has 1 amide bonds. The maximum Gasteiger partial charge on any atom is 0.280 e. The Labute approximate surface area is 166 Å². The number of hydrogen-bond acceptors (Lipinski definition) is 3. The predicted molar refractivity (Wildman–Crippen MR) is 112 cm³/mol. The number of rotatable bonds is 5. The first-order valence-corrected chi connectivity index (χ1v) is 9.08. The molecule has 0 aliphatic rings. The van der Waals surface area contributed by atoms with Gasteiger partial charge in [0.15, 0.2) is 0 Å². The molecule has 7 heteroatoms. The Morgan fingerprint density at radius 2 is 1.69 bits per heavy atom. The minimum absolute atomic E-state index is 0.237. The van der Waals surface area contributed by atoms with Crippen molar-refractivity contribution in [1.29, 1.82) is 0 Å². The normalized spacial score (nSPS) is 11.1. The number of nitrogens with one attached hydrogen (secondary N) is 2. The van der Waals surface area contributed by atoms with E-state index in [1.165, 1.54) is 10.9 Å². The molecule has 0 radical (unpaired) electrons. The quantitative estimate of drug-likeness (QED) is 0.409. The number of benzene rings is 2. The van der Waals surface area contributed by atoms with Crippen LogP contribution >= 0.6 is 0 Å². The van der Waals surface area contributed by atoms with Gasteiger partial charge in [-0.1, -0.05) is 30.3 Å². The smallest absolute Gasteiger partial charge is 0.280 e. The van der Waals surface area contributed by atoms with Crippen LogP contribution in [-0.2, 0) is 0 Å². The lowest BCUT2D eigenvalue weighted by atomic mass is 10.1. The van der Waals surface area contributed by atoms with Gasteiger partial charge in [-0.3, -0.25) is 14.7 Å². The summed E-state index contributed by atoms with van der Waals surface area (Å²) in [5.41, 5.74) is 5.26. The second-order valence-electron chi connectivity index (χ2n) is 6.43. The van der Waals surface area contributed by atoms with Crippen molar-refractivity contribution in [1.82, 2.24) is 19.8 Å². The van der Waals surface area contributed by atoms with E-state index in [9.17, 15) is 9.59 Å². The molecule has 144 valence electrons. The van der Waals surface area contributed by atoms with E-state index in [1.807, 2.05) is 71.6 Å². The molecule has 0 unspecified atom stereocenters. The van der Waals surface area contributed by atoms with Crippen LogP contribution in [0.5, 0.6) is 0 Å². The molecule has 0 aliphatic carbocycles.